The van der Waals surface area contributed by atoms with E-state index < -0.39 is 6.23 Å². The second-order valence-electron chi connectivity index (χ2n) is 2.18. The zero-order chi connectivity index (χ0) is 7.98. The maximum absolute atomic E-state index is 8.84. The van der Waals surface area contributed by atoms with Crippen molar-refractivity contribution in [3.05, 3.63) is 22.6 Å². The number of rotatable bonds is 4. The lowest BCUT2D eigenvalue weighted by Gasteiger charge is -2.01. The maximum atomic E-state index is 8.84. The summed E-state index contributed by atoms with van der Waals surface area (Å²) in [5, 5.41) is 11.9. The van der Waals surface area contributed by atoms with Crippen LogP contribution in [-0.4, -0.2) is 11.3 Å². The van der Waals surface area contributed by atoms with E-state index in [1.54, 1.807) is 0 Å². The summed E-state index contributed by atoms with van der Waals surface area (Å²) in [5.74, 6) is 0. The highest BCUT2D eigenvalue weighted by molar-refractivity contribution is 4.87. The fourth-order valence-electron chi connectivity index (χ4n) is 0.493. The van der Waals surface area contributed by atoms with Crippen LogP contribution in [0.25, 0.3) is 10.4 Å². The standard InChI is InChI=1S/C6H11N3O/c1-5(2)3-4-6(10)8-9-7/h6,10H,1,3-4H2,2H3. The lowest BCUT2D eigenvalue weighted by molar-refractivity contribution is 0.172. The SMILES string of the molecule is C=C(C)CCC(O)N=[N+]=[N-]. The number of aliphatic hydroxyl groups excluding tert-OH is 1. The number of nitrogens with zero attached hydrogens (tertiary/aromatic N) is 3. The Morgan fingerprint density at radius 3 is 2.90 bits per heavy atom. The predicted molar refractivity (Wildman–Crippen MR) is 39.2 cm³/mol. The molecule has 4 nitrogen and oxygen atoms in total. The molecule has 0 aromatic rings. The molecule has 0 aliphatic carbocycles. The molecule has 0 heterocycles. The second kappa shape index (κ2) is 4.85. The van der Waals surface area contributed by atoms with Crippen LogP contribution in [0.5, 0.6) is 0 Å². The Bertz CT molecular complexity index is 160. The van der Waals surface area contributed by atoms with Crippen molar-refractivity contribution < 1.29 is 5.11 Å². The monoisotopic (exact) mass is 141 g/mol. The highest BCUT2D eigenvalue weighted by atomic mass is 16.3. The molecule has 0 aromatic heterocycles. The van der Waals surface area contributed by atoms with Gasteiger partial charge in [0, 0.05) is 4.91 Å². The molecule has 0 aliphatic rings. The molecule has 0 radical (unpaired) electrons. The van der Waals surface area contributed by atoms with Gasteiger partial charge < -0.3 is 5.11 Å². The highest BCUT2D eigenvalue weighted by Gasteiger charge is 1.98. The van der Waals surface area contributed by atoms with E-state index in [-0.39, 0.29) is 0 Å². The Hall–Kier alpha value is -0.990. The molecule has 0 rings (SSSR count). The molecule has 0 aliphatic heterocycles. The Labute approximate surface area is 59.8 Å². The summed E-state index contributed by atoms with van der Waals surface area (Å²) in [4.78, 5) is 2.46. The van der Waals surface area contributed by atoms with E-state index in [0.29, 0.717) is 12.8 Å². The smallest absolute Gasteiger partial charge is 0.133 e. The third-order valence-corrected chi connectivity index (χ3v) is 1.01. The van der Waals surface area contributed by atoms with Gasteiger partial charge in [-0.3, -0.25) is 0 Å². The third kappa shape index (κ3) is 5.15. The number of allylic oxidation sites excluding steroid dienone is 1. The van der Waals surface area contributed by atoms with Gasteiger partial charge in [-0.25, -0.2) is 0 Å². The molecule has 10 heavy (non-hydrogen) atoms. The molecule has 0 saturated heterocycles. The molecule has 4 heteroatoms. The second-order valence-corrected chi connectivity index (χ2v) is 2.18. The lowest BCUT2D eigenvalue weighted by atomic mass is 10.2. The molecule has 1 N–H and O–H groups in total. The van der Waals surface area contributed by atoms with E-state index in [1.165, 1.54) is 0 Å². The number of aliphatic hydroxyl groups is 1. The van der Waals surface area contributed by atoms with Crippen molar-refractivity contribution in [3.8, 4) is 0 Å². The summed E-state index contributed by atoms with van der Waals surface area (Å²) in [6.07, 6.45) is 0.251. The van der Waals surface area contributed by atoms with Crippen LogP contribution < -0.4 is 0 Å². The van der Waals surface area contributed by atoms with Gasteiger partial charge >= 0.3 is 0 Å². The van der Waals surface area contributed by atoms with E-state index >= 15 is 0 Å². The van der Waals surface area contributed by atoms with Crippen LogP contribution in [0.3, 0.4) is 0 Å². The van der Waals surface area contributed by atoms with Crippen LogP contribution in [0.15, 0.2) is 17.3 Å². The molecule has 0 aromatic carbocycles. The van der Waals surface area contributed by atoms with Gasteiger partial charge in [-0.1, -0.05) is 10.7 Å². The average molecular weight is 141 g/mol. The molecule has 0 saturated carbocycles. The maximum Gasteiger partial charge on any atom is 0.133 e. The predicted octanol–water partition coefficient (Wildman–Crippen LogP) is 1.97. The zero-order valence-electron chi connectivity index (χ0n) is 5.99. The molecule has 0 bridgehead atoms. The molecular weight excluding hydrogens is 130 g/mol. The summed E-state index contributed by atoms with van der Waals surface area (Å²) in [7, 11) is 0. The minimum absolute atomic E-state index is 0.458. The van der Waals surface area contributed by atoms with Crippen molar-refractivity contribution in [2.75, 3.05) is 0 Å². The average Bonchev–Trinajstić information content (AvgIpc) is 1.85. The van der Waals surface area contributed by atoms with Crippen LogP contribution in [0.1, 0.15) is 19.8 Å². The van der Waals surface area contributed by atoms with Crippen molar-refractivity contribution in [2.24, 2.45) is 5.11 Å². The lowest BCUT2D eigenvalue weighted by Crippen LogP contribution is -2.00. The van der Waals surface area contributed by atoms with Crippen molar-refractivity contribution in [3.63, 3.8) is 0 Å². The molecule has 0 spiro atoms. The Kier molecular flexibility index (Phi) is 4.37. The van der Waals surface area contributed by atoms with E-state index in [0.717, 1.165) is 5.57 Å². The first kappa shape index (κ1) is 9.01. The largest absolute Gasteiger partial charge is 0.387 e. The summed E-state index contributed by atoms with van der Waals surface area (Å²) < 4.78 is 0. The van der Waals surface area contributed by atoms with Gasteiger partial charge in [-0.05, 0) is 25.3 Å². The minimum Gasteiger partial charge on any atom is -0.387 e. The number of azide groups is 1. The van der Waals surface area contributed by atoms with Gasteiger partial charge in [0.2, 0.25) is 0 Å². The van der Waals surface area contributed by atoms with Crippen LogP contribution in [-0.2, 0) is 0 Å². The minimum atomic E-state index is -0.901. The molecule has 1 atom stereocenters. The van der Waals surface area contributed by atoms with E-state index in [2.05, 4.69) is 16.6 Å². The molecule has 0 amide bonds. The molecular formula is C6H11N3O. The van der Waals surface area contributed by atoms with Gasteiger partial charge in [-0.2, -0.15) is 0 Å². The molecule has 1 unspecified atom stereocenters. The zero-order valence-corrected chi connectivity index (χ0v) is 5.99. The summed E-state index contributed by atoms with van der Waals surface area (Å²) >= 11 is 0. The fraction of sp³-hybridized carbons (Fsp3) is 0.667. The highest BCUT2D eigenvalue weighted by Crippen LogP contribution is 2.04. The van der Waals surface area contributed by atoms with E-state index in [1.807, 2.05) is 6.92 Å². The van der Waals surface area contributed by atoms with E-state index in [9.17, 15) is 0 Å². The van der Waals surface area contributed by atoms with Crippen LogP contribution >= 0.6 is 0 Å². The summed E-state index contributed by atoms with van der Waals surface area (Å²) in [5.41, 5.74) is 8.86. The number of hydrogen-bond acceptors (Lipinski definition) is 2. The first-order valence-electron chi connectivity index (χ1n) is 3.03. The number of hydrogen-bond donors (Lipinski definition) is 1. The van der Waals surface area contributed by atoms with Crippen molar-refractivity contribution in [2.45, 2.75) is 26.0 Å². The Morgan fingerprint density at radius 1 is 1.90 bits per heavy atom. The molecule has 0 fully saturated rings. The third-order valence-electron chi connectivity index (χ3n) is 1.01. The Morgan fingerprint density at radius 2 is 2.50 bits per heavy atom. The first-order valence-corrected chi connectivity index (χ1v) is 3.03. The van der Waals surface area contributed by atoms with Gasteiger partial charge in [0.25, 0.3) is 0 Å². The van der Waals surface area contributed by atoms with Crippen molar-refractivity contribution in [1.29, 1.82) is 0 Å². The van der Waals surface area contributed by atoms with Gasteiger partial charge in [0.05, 0.1) is 0 Å². The summed E-state index contributed by atoms with van der Waals surface area (Å²) in [6, 6.07) is 0. The van der Waals surface area contributed by atoms with Gasteiger partial charge in [-0.15, -0.1) is 6.58 Å². The van der Waals surface area contributed by atoms with Crippen LogP contribution in [0.2, 0.25) is 0 Å². The quantitative estimate of drug-likeness (QED) is 0.276. The van der Waals surface area contributed by atoms with Gasteiger partial charge in [0.15, 0.2) is 0 Å². The van der Waals surface area contributed by atoms with Gasteiger partial charge in [0.1, 0.15) is 6.23 Å². The topological polar surface area (TPSA) is 69.0 Å². The van der Waals surface area contributed by atoms with Crippen LogP contribution in [0, 0.1) is 0 Å². The van der Waals surface area contributed by atoms with Crippen LogP contribution in [0.4, 0.5) is 0 Å². The van der Waals surface area contributed by atoms with Crippen molar-refractivity contribution >= 4 is 0 Å². The first-order chi connectivity index (χ1) is 4.66. The normalized spacial score (nSPS) is 11.8. The van der Waals surface area contributed by atoms with E-state index in [4.69, 9.17) is 10.6 Å². The summed E-state index contributed by atoms with van der Waals surface area (Å²) in [6.45, 7) is 5.51. The fourth-order valence-corrected chi connectivity index (χ4v) is 0.493. The van der Waals surface area contributed by atoms with Crippen molar-refractivity contribution in [1.82, 2.24) is 0 Å². The molecule has 56 valence electrons. The Balaban J connectivity index is 3.48.